The van der Waals surface area contributed by atoms with Gasteiger partial charge in [0.15, 0.2) is 0 Å². The van der Waals surface area contributed by atoms with Gasteiger partial charge in [-0.1, -0.05) is 157 Å². The largest absolute Gasteiger partial charge is 0.0636 e. The standard InChI is InChI=1S/C52H30/c1-2-8-38-29-48(43-24-20-36-18-16-32-11-6-13-34-22-26-45(43)52(36)50(32)34)46(28-37(38)7-1)40-27-39-9-3-4-14-41(39)47(30-40)42-23-19-35-17-15-31-10-5-12-33-21-25-44(42)51(35)49(31)33/h1-30H/i1D,2D,3D,4D,5D,6D,7D,8D,9D,11D,12D,13D,14D,15D,16D,17D,18D,19D,20D,21D,22D,23D,24D,25D,26D,27D,28D,29D,30D. The SMILES string of the molecule is [2H]c1cc2c([2H])c([2H])c3c([2H])c([2H])c(-c4c([2H])c(-c5c(-c6c([2H])c([2H])c7c([2H])c([2H])c8c([2H])c([2H])c([2H])c9c([2H])c([2H])c6c7c89)c([2H])c6c([2H])c([2H])c([2H])c([2H])c6c5[2H])c([2H])c5c([2H])c([2H])c([2H])c([2H])c45)c4c([2H])c([2H])c(c1[2H])c2c34. The number of rotatable bonds is 3. The lowest BCUT2D eigenvalue weighted by Gasteiger charge is -2.19. The van der Waals surface area contributed by atoms with Crippen molar-refractivity contribution in [2.45, 2.75) is 0 Å². The Morgan fingerprint density at radius 1 is 0.250 bits per heavy atom. The second kappa shape index (κ2) is 10.4. The first-order valence-electron chi connectivity index (χ1n) is 30.3. The van der Waals surface area contributed by atoms with Crippen molar-refractivity contribution in [2.75, 3.05) is 0 Å². The van der Waals surface area contributed by atoms with Gasteiger partial charge in [-0.25, -0.2) is 0 Å². The van der Waals surface area contributed by atoms with E-state index in [1.165, 1.54) is 0 Å². The highest BCUT2D eigenvalue weighted by Gasteiger charge is 2.19. The van der Waals surface area contributed by atoms with Gasteiger partial charge in [0.1, 0.15) is 0 Å². The highest BCUT2D eigenvalue weighted by molar-refractivity contribution is 6.27. The summed E-state index contributed by atoms with van der Waals surface area (Å²) in [5.41, 5.74) is -5.07. The van der Waals surface area contributed by atoms with E-state index in [-0.39, 0.29) is 26.9 Å². The van der Waals surface area contributed by atoms with Crippen molar-refractivity contribution in [3.8, 4) is 33.4 Å². The third-order valence-electron chi connectivity index (χ3n) is 9.32. The van der Waals surface area contributed by atoms with Crippen LogP contribution in [0.25, 0.3) is 120 Å². The zero-order valence-corrected chi connectivity index (χ0v) is 26.1. The molecule has 0 N–H and O–H groups in total. The molecule has 12 aromatic rings. The summed E-state index contributed by atoms with van der Waals surface area (Å²) in [6.07, 6.45) is 0. The van der Waals surface area contributed by atoms with Crippen LogP contribution in [0, 0.1) is 0 Å². The van der Waals surface area contributed by atoms with Crippen LogP contribution in [-0.2, 0) is 0 Å². The fourth-order valence-corrected chi connectivity index (χ4v) is 7.06. The Balaban J connectivity index is 1.41. The fraction of sp³-hybridized carbons (Fsp3) is 0. The van der Waals surface area contributed by atoms with E-state index in [0.717, 1.165) is 6.07 Å². The molecule has 0 bridgehead atoms. The molecule has 0 aliphatic carbocycles. The summed E-state index contributed by atoms with van der Waals surface area (Å²) in [6, 6.07) is -24.3. The number of fused-ring (bicyclic) bond motifs is 2. The zero-order valence-electron chi connectivity index (χ0n) is 55.1. The summed E-state index contributed by atoms with van der Waals surface area (Å²) in [6.45, 7) is 0. The van der Waals surface area contributed by atoms with Gasteiger partial charge < -0.3 is 0 Å². The molecule has 12 rings (SSSR count). The van der Waals surface area contributed by atoms with Crippen molar-refractivity contribution in [2.24, 2.45) is 0 Å². The van der Waals surface area contributed by atoms with Gasteiger partial charge in [-0.05, 0) is 144 Å². The average molecular weight is 684 g/mol. The lowest BCUT2D eigenvalue weighted by molar-refractivity contribution is 1.64. The summed E-state index contributed by atoms with van der Waals surface area (Å²) in [4.78, 5) is 0. The molecule has 0 aliphatic rings. The minimum absolute atomic E-state index is 0.184. The predicted octanol–water partition coefficient (Wildman–Crippen LogP) is 14.8. The summed E-state index contributed by atoms with van der Waals surface area (Å²) in [5, 5.41) is -7.92. The third-order valence-corrected chi connectivity index (χ3v) is 9.32. The third kappa shape index (κ3) is 3.87. The molecule has 0 heteroatoms. The molecule has 0 unspecified atom stereocenters. The molecule has 12 aromatic carbocycles. The van der Waals surface area contributed by atoms with Crippen molar-refractivity contribution < 1.29 is 39.8 Å². The van der Waals surface area contributed by atoms with Gasteiger partial charge in [-0.3, -0.25) is 0 Å². The van der Waals surface area contributed by atoms with Crippen LogP contribution in [0.4, 0.5) is 0 Å². The topological polar surface area (TPSA) is 0 Å². The normalized spacial score (nSPS) is 20.0. The molecule has 0 spiro atoms. The van der Waals surface area contributed by atoms with Crippen molar-refractivity contribution in [1.82, 2.24) is 0 Å². The van der Waals surface area contributed by atoms with E-state index in [4.69, 9.17) is 20.6 Å². The highest BCUT2D eigenvalue weighted by Crippen LogP contribution is 2.46. The Hall–Kier alpha value is -6.76. The van der Waals surface area contributed by atoms with E-state index in [1.807, 2.05) is 0 Å². The van der Waals surface area contributed by atoms with E-state index in [0.29, 0.717) is 0 Å². The number of hydrogen-bond donors (Lipinski definition) is 0. The van der Waals surface area contributed by atoms with Gasteiger partial charge >= 0.3 is 0 Å². The molecule has 0 heterocycles. The van der Waals surface area contributed by atoms with Gasteiger partial charge in [0.25, 0.3) is 0 Å². The number of hydrogen-bond acceptors (Lipinski definition) is 0. The molecule has 0 radical (unpaired) electrons. The molecule has 0 fully saturated rings. The summed E-state index contributed by atoms with van der Waals surface area (Å²) in [7, 11) is 0. The first kappa shape index (κ1) is 12.2. The van der Waals surface area contributed by atoms with E-state index in [2.05, 4.69) is 0 Å². The minimum Gasteiger partial charge on any atom is -0.0616 e. The molecule has 0 amide bonds. The van der Waals surface area contributed by atoms with Crippen molar-refractivity contribution in [1.29, 1.82) is 0 Å². The van der Waals surface area contributed by atoms with Crippen LogP contribution in [0.15, 0.2) is 181 Å². The summed E-state index contributed by atoms with van der Waals surface area (Å²) < 4.78 is 269. The van der Waals surface area contributed by atoms with E-state index < -0.39 is 268 Å². The smallest absolute Gasteiger partial charge is 0.0616 e. The Morgan fingerprint density at radius 2 is 0.731 bits per heavy atom. The van der Waals surface area contributed by atoms with Crippen LogP contribution in [-0.4, -0.2) is 0 Å². The van der Waals surface area contributed by atoms with Crippen LogP contribution in [0.3, 0.4) is 0 Å². The second-order valence-electron chi connectivity index (χ2n) is 12.1. The van der Waals surface area contributed by atoms with Gasteiger partial charge in [-0.15, -0.1) is 0 Å². The zero-order chi connectivity index (χ0) is 59.2. The Labute approximate surface area is 341 Å². The fourth-order valence-electron chi connectivity index (χ4n) is 7.06. The Bertz CT molecular complexity index is 5060. The molecule has 0 saturated heterocycles. The van der Waals surface area contributed by atoms with Crippen molar-refractivity contribution in [3.63, 3.8) is 0 Å². The van der Waals surface area contributed by atoms with Crippen LogP contribution in [0.1, 0.15) is 39.8 Å². The Kier molecular flexibility index (Phi) is 2.43. The monoisotopic (exact) mass is 683 g/mol. The van der Waals surface area contributed by atoms with Gasteiger partial charge in [0, 0.05) is 0 Å². The van der Waals surface area contributed by atoms with Gasteiger partial charge in [0.2, 0.25) is 0 Å². The van der Waals surface area contributed by atoms with Gasteiger partial charge in [-0.2, -0.15) is 0 Å². The maximum Gasteiger partial charge on any atom is 0.0636 e. The average Bonchev–Trinajstić information content (AvgIpc) is 2.88. The van der Waals surface area contributed by atoms with Crippen LogP contribution >= 0.6 is 0 Å². The highest BCUT2D eigenvalue weighted by atomic mass is 14.2. The molecular formula is C52H30. The maximum absolute atomic E-state index is 10.4. The van der Waals surface area contributed by atoms with Crippen LogP contribution in [0.2, 0.25) is 0 Å². The lowest BCUT2D eigenvalue weighted by Crippen LogP contribution is -1.92. The maximum atomic E-state index is 10.4. The molecule has 0 aliphatic heterocycles. The number of benzene rings is 12. The summed E-state index contributed by atoms with van der Waals surface area (Å²) in [5.74, 6) is 0. The lowest BCUT2D eigenvalue weighted by atomic mass is 9.84. The van der Waals surface area contributed by atoms with Gasteiger partial charge in [0.05, 0.1) is 39.8 Å². The van der Waals surface area contributed by atoms with E-state index in [9.17, 15) is 19.2 Å². The van der Waals surface area contributed by atoms with Crippen LogP contribution in [0.5, 0.6) is 0 Å². The quantitative estimate of drug-likeness (QED) is 0.163. The Morgan fingerprint density at radius 3 is 1.42 bits per heavy atom. The molecule has 238 valence electrons. The molecule has 0 atom stereocenters. The van der Waals surface area contributed by atoms with Crippen molar-refractivity contribution >= 4 is 86.2 Å². The minimum atomic E-state index is -1.11. The first-order chi connectivity index (χ1) is 37.9. The van der Waals surface area contributed by atoms with E-state index >= 15 is 0 Å². The first-order valence-corrected chi connectivity index (χ1v) is 15.8. The van der Waals surface area contributed by atoms with E-state index in [1.54, 1.807) is 0 Å². The molecule has 0 aromatic heterocycles. The molecule has 0 saturated carbocycles. The van der Waals surface area contributed by atoms with Crippen molar-refractivity contribution in [3.05, 3.63) is 181 Å². The molecule has 52 heavy (non-hydrogen) atoms. The summed E-state index contributed by atoms with van der Waals surface area (Å²) >= 11 is 0. The van der Waals surface area contributed by atoms with Crippen LogP contribution < -0.4 is 0 Å². The molecular weight excluding hydrogens is 625 g/mol. The molecule has 0 nitrogen and oxygen atoms in total. The predicted molar refractivity (Wildman–Crippen MR) is 225 cm³/mol. The second-order valence-corrected chi connectivity index (χ2v) is 12.1.